The maximum atomic E-state index is 12.8. The third kappa shape index (κ3) is 6.23. The highest BCUT2D eigenvalue weighted by atomic mass is 35.5. The Labute approximate surface area is 200 Å². The fourth-order valence-electron chi connectivity index (χ4n) is 4.63. The summed E-state index contributed by atoms with van der Waals surface area (Å²) in [7, 11) is 0. The number of benzene rings is 3. The summed E-state index contributed by atoms with van der Waals surface area (Å²) in [5, 5.41) is 6.97. The number of halogens is 1. The molecule has 2 N–H and O–H groups in total. The van der Waals surface area contributed by atoms with Gasteiger partial charge in [0.05, 0.1) is 0 Å². The molecule has 0 aromatic heterocycles. The maximum absolute atomic E-state index is 12.8. The average molecular weight is 461 g/mol. The number of carbonyl (C=O) groups is 2. The molecule has 1 heterocycles. The Morgan fingerprint density at radius 3 is 2.09 bits per heavy atom. The molecule has 0 bridgehead atoms. The van der Waals surface area contributed by atoms with Crippen molar-refractivity contribution in [1.82, 2.24) is 10.6 Å². The highest BCUT2D eigenvalue weighted by Gasteiger charge is 2.37. The summed E-state index contributed by atoms with van der Waals surface area (Å²) >= 11 is 6.02. The van der Waals surface area contributed by atoms with Gasteiger partial charge >= 0.3 is 0 Å². The summed E-state index contributed by atoms with van der Waals surface area (Å²) in [5.74, 6) is 0.145. The fourth-order valence-corrected chi connectivity index (χ4v) is 4.76. The van der Waals surface area contributed by atoms with Gasteiger partial charge in [-0.3, -0.25) is 9.59 Å². The van der Waals surface area contributed by atoms with E-state index >= 15 is 0 Å². The molecule has 170 valence electrons. The van der Waals surface area contributed by atoms with Crippen LogP contribution in [0.3, 0.4) is 0 Å². The van der Waals surface area contributed by atoms with Gasteiger partial charge in [0.2, 0.25) is 11.8 Å². The highest BCUT2D eigenvalue weighted by molar-refractivity contribution is 6.30. The molecular formula is C28H29ClN2O2. The molecule has 3 aromatic rings. The number of nitrogens with one attached hydrogen (secondary N) is 2. The summed E-state index contributed by atoms with van der Waals surface area (Å²) in [6.07, 6.45) is 2.90. The zero-order valence-electron chi connectivity index (χ0n) is 18.6. The molecule has 0 unspecified atom stereocenters. The fraction of sp³-hybridized carbons (Fsp3) is 0.286. The van der Waals surface area contributed by atoms with Crippen LogP contribution in [0.15, 0.2) is 84.9 Å². The SMILES string of the molecule is O=C(CC[C@@]1(Cc2ccc(Cl)cc2)CCC(=O)N1)NCC(c1ccccc1)c1ccccc1. The maximum Gasteiger partial charge on any atom is 0.220 e. The Morgan fingerprint density at radius 2 is 1.55 bits per heavy atom. The normalized spacial score (nSPS) is 17.7. The second-order valence-electron chi connectivity index (χ2n) is 8.81. The number of amides is 2. The first-order chi connectivity index (χ1) is 16.0. The Morgan fingerprint density at radius 1 is 0.939 bits per heavy atom. The second-order valence-corrected chi connectivity index (χ2v) is 9.25. The molecule has 4 rings (SSSR count). The van der Waals surface area contributed by atoms with E-state index in [1.807, 2.05) is 60.7 Å². The minimum absolute atomic E-state index is 0.00323. The zero-order valence-corrected chi connectivity index (χ0v) is 19.4. The number of rotatable bonds is 9. The van der Waals surface area contributed by atoms with Crippen molar-refractivity contribution in [3.63, 3.8) is 0 Å². The van der Waals surface area contributed by atoms with E-state index in [0.717, 1.165) is 12.0 Å². The molecule has 1 aliphatic rings. The molecule has 1 saturated heterocycles. The van der Waals surface area contributed by atoms with Crippen LogP contribution in [0.25, 0.3) is 0 Å². The third-order valence-corrected chi connectivity index (χ3v) is 6.68. The molecular weight excluding hydrogens is 432 g/mol. The molecule has 1 aliphatic heterocycles. The van der Waals surface area contributed by atoms with Gasteiger partial charge in [-0.15, -0.1) is 0 Å². The van der Waals surface area contributed by atoms with E-state index in [2.05, 4.69) is 34.9 Å². The van der Waals surface area contributed by atoms with E-state index < -0.39 is 0 Å². The van der Waals surface area contributed by atoms with Crippen molar-refractivity contribution in [3.8, 4) is 0 Å². The van der Waals surface area contributed by atoms with Crippen LogP contribution in [-0.2, 0) is 16.0 Å². The minimum Gasteiger partial charge on any atom is -0.355 e. The van der Waals surface area contributed by atoms with Gasteiger partial charge in [0.1, 0.15) is 0 Å². The van der Waals surface area contributed by atoms with Gasteiger partial charge in [0.25, 0.3) is 0 Å². The first-order valence-corrected chi connectivity index (χ1v) is 11.8. The topological polar surface area (TPSA) is 58.2 Å². The molecule has 0 aliphatic carbocycles. The lowest BCUT2D eigenvalue weighted by Gasteiger charge is -2.29. The van der Waals surface area contributed by atoms with Gasteiger partial charge in [-0.25, -0.2) is 0 Å². The van der Waals surface area contributed by atoms with E-state index in [1.54, 1.807) is 0 Å². The number of hydrogen-bond acceptors (Lipinski definition) is 2. The van der Waals surface area contributed by atoms with Crippen LogP contribution in [-0.4, -0.2) is 23.9 Å². The Kier molecular flexibility index (Phi) is 7.46. The van der Waals surface area contributed by atoms with Crippen molar-refractivity contribution in [2.75, 3.05) is 6.54 Å². The summed E-state index contributed by atoms with van der Waals surface area (Å²) in [4.78, 5) is 24.9. The van der Waals surface area contributed by atoms with Crippen LogP contribution in [0.1, 0.15) is 48.3 Å². The zero-order chi connectivity index (χ0) is 23.1. The van der Waals surface area contributed by atoms with Crippen LogP contribution < -0.4 is 10.6 Å². The molecule has 5 heteroatoms. The van der Waals surface area contributed by atoms with Crippen molar-refractivity contribution in [3.05, 3.63) is 107 Å². The van der Waals surface area contributed by atoms with Crippen molar-refractivity contribution < 1.29 is 9.59 Å². The van der Waals surface area contributed by atoms with Crippen molar-refractivity contribution in [2.24, 2.45) is 0 Å². The number of hydrogen-bond donors (Lipinski definition) is 2. The van der Waals surface area contributed by atoms with Gasteiger partial charge in [-0.2, -0.15) is 0 Å². The largest absolute Gasteiger partial charge is 0.355 e. The van der Waals surface area contributed by atoms with E-state index in [4.69, 9.17) is 11.6 Å². The van der Waals surface area contributed by atoms with E-state index in [9.17, 15) is 9.59 Å². The summed E-state index contributed by atoms with van der Waals surface area (Å²) < 4.78 is 0. The Balaban J connectivity index is 1.39. The minimum atomic E-state index is -0.388. The lowest BCUT2D eigenvalue weighted by molar-refractivity contribution is -0.122. The van der Waals surface area contributed by atoms with E-state index in [0.29, 0.717) is 37.3 Å². The number of carbonyl (C=O) groups excluding carboxylic acids is 2. The van der Waals surface area contributed by atoms with Gasteiger partial charge in [-0.05, 0) is 48.1 Å². The van der Waals surface area contributed by atoms with Crippen molar-refractivity contribution >= 4 is 23.4 Å². The highest BCUT2D eigenvalue weighted by Crippen LogP contribution is 2.30. The van der Waals surface area contributed by atoms with Gasteiger partial charge in [-0.1, -0.05) is 84.4 Å². The first kappa shape index (κ1) is 23.1. The molecule has 0 spiro atoms. The lowest BCUT2D eigenvalue weighted by Crippen LogP contribution is -2.44. The standard InChI is InChI=1S/C28H29ClN2O2/c29-24-13-11-21(12-14-24)19-28(18-16-27(33)31-28)17-15-26(32)30-20-25(22-7-3-1-4-8-22)23-9-5-2-6-10-23/h1-14,25H,15-20H2,(H,30,32)(H,31,33)/t28-/m0/s1. The molecule has 2 amide bonds. The third-order valence-electron chi connectivity index (χ3n) is 6.43. The van der Waals surface area contributed by atoms with Crippen LogP contribution in [0.2, 0.25) is 5.02 Å². The van der Waals surface area contributed by atoms with Crippen molar-refractivity contribution in [2.45, 2.75) is 43.6 Å². The van der Waals surface area contributed by atoms with Crippen LogP contribution in [0.5, 0.6) is 0 Å². The van der Waals surface area contributed by atoms with Gasteiger partial charge in [0.15, 0.2) is 0 Å². The molecule has 33 heavy (non-hydrogen) atoms. The Hall–Kier alpha value is -3.11. The van der Waals surface area contributed by atoms with E-state index in [1.165, 1.54) is 11.1 Å². The lowest BCUT2D eigenvalue weighted by atomic mass is 9.85. The van der Waals surface area contributed by atoms with Gasteiger partial charge in [0, 0.05) is 35.9 Å². The average Bonchev–Trinajstić information content (AvgIpc) is 3.21. The summed E-state index contributed by atoms with van der Waals surface area (Å²) in [6.45, 7) is 0.531. The smallest absolute Gasteiger partial charge is 0.220 e. The van der Waals surface area contributed by atoms with Crippen LogP contribution in [0.4, 0.5) is 0 Å². The molecule has 1 atom stereocenters. The first-order valence-electron chi connectivity index (χ1n) is 11.5. The molecule has 4 nitrogen and oxygen atoms in total. The van der Waals surface area contributed by atoms with Crippen molar-refractivity contribution in [1.29, 1.82) is 0 Å². The predicted molar refractivity (Wildman–Crippen MR) is 132 cm³/mol. The summed E-state index contributed by atoms with van der Waals surface area (Å²) in [5.41, 5.74) is 3.06. The monoisotopic (exact) mass is 460 g/mol. The quantitative estimate of drug-likeness (QED) is 0.457. The molecule has 0 saturated carbocycles. The van der Waals surface area contributed by atoms with E-state index in [-0.39, 0.29) is 23.3 Å². The van der Waals surface area contributed by atoms with Gasteiger partial charge < -0.3 is 10.6 Å². The predicted octanol–water partition coefficient (Wildman–Crippen LogP) is 5.26. The molecule has 0 radical (unpaired) electrons. The second kappa shape index (κ2) is 10.7. The molecule has 1 fully saturated rings. The summed E-state index contributed by atoms with van der Waals surface area (Å²) in [6, 6.07) is 28.2. The Bertz CT molecular complexity index is 1030. The molecule has 3 aromatic carbocycles. The van der Waals surface area contributed by atoms with Crippen LogP contribution >= 0.6 is 11.6 Å². The van der Waals surface area contributed by atoms with Crippen LogP contribution in [0, 0.1) is 0 Å².